The molecule has 1 heterocycles. The lowest BCUT2D eigenvalue weighted by molar-refractivity contribution is 0.0984. The molecule has 0 aliphatic heterocycles. The summed E-state index contributed by atoms with van der Waals surface area (Å²) in [6, 6.07) is 20.7. The van der Waals surface area contributed by atoms with Gasteiger partial charge >= 0.3 is 0 Å². The van der Waals surface area contributed by atoms with Crippen molar-refractivity contribution >= 4 is 44.2 Å². The van der Waals surface area contributed by atoms with Crippen LogP contribution in [0.25, 0.3) is 10.2 Å². The molecule has 0 bridgehead atoms. The monoisotopic (exact) mass is 396 g/mol. The Morgan fingerprint density at radius 3 is 2.63 bits per heavy atom. The summed E-state index contributed by atoms with van der Waals surface area (Å²) < 4.78 is 14.5. The Balaban J connectivity index is 1.77. The van der Waals surface area contributed by atoms with E-state index in [2.05, 4.69) is 4.98 Å². The molecule has 0 atom stereocenters. The van der Waals surface area contributed by atoms with Crippen LogP contribution in [-0.4, -0.2) is 10.9 Å². The lowest BCUT2D eigenvalue weighted by Gasteiger charge is -2.20. The van der Waals surface area contributed by atoms with Gasteiger partial charge in [0.15, 0.2) is 5.13 Å². The largest absolute Gasteiger partial charge is 0.279 e. The predicted molar refractivity (Wildman–Crippen MR) is 108 cm³/mol. The third-order valence-corrected chi connectivity index (χ3v) is 5.35. The van der Waals surface area contributed by atoms with Gasteiger partial charge in [-0.05, 0) is 42.0 Å². The molecule has 0 spiro atoms. The number of anilines is 1. The van der Waals surface area contributed by atoms with E-state index in [0.717, 1.165) is 15.8 Å². The molecule has 0 saturated carbocycles. The summed E-state index contributed by atoms with van der Waals surface area (Å²) in [7, 11) is 0. The van der Waals surface area contributed by atoms with Crippen molar-refractivity contribution in [3.05, 3.63) is 94.8 Å². The fourth-order valence-corrected chi connectivity index (χ4v) is 4.01. The molecule has 0 fully saturated rings. The Morgan fingerprint density at radius 1 is 1.04 bits per heavy atom. The molecule has 4 rings (SSSR count). The molecule has 6 heteroatoms. The van der Waals surface area contributed by atoms with Crippen molar-refractivity contribution in [2.45, 2.75) is 6.54 Å². The average Bonchev–Trinajstić information content (AvgIpc) is 3.09. The molecule has 0 radical (unpaired) electrons. The van der Waals surface area contributed by atoms with Gasteiger partial charge in [-0.3, -0.25) is 9.69 Å². The fraction of sp³-hybridized carbons (Fsp3) is 0.0476. The molecule has 0 aliphatic carbocycles. The number of thiazole rings is 1. The standard InChI is InChI=1S/C21H14ClFN2OS/c22-16-9-10-18-19(12-16)27-21(24-18)25(13-14-5-2-1-3-6-14)20(26)15-7-4-8-17(23)11-15/h1-12H,13H2. The normalized spacial score (nSPS) is 10.9. The van der Waals surface area contributed by atoms with Crippen LogP contribution in [0, 0.1) is 5.82 Å². The maximum Gasteiger partial charge on any atom is 0.260 e. The van der Waals surface area contributed by atoms with Crippen molar-refractivity contribution in [1.29, 1.82) is 0 Å². The van der Waals surface area contributed by atoms with Crippen LogP contribution in [0.5, 0.6) is 0 Å². The summed E-state index contributed by atoms with van der Waals surface area (Å²) in [5.74, 6) is -0.750. The highest BCUT2D eigenvalue weighted by molar-refractivity contribution is 7.22. The Labute approximate surface area is 164 Å². The minimum Gasteiger partial charge on any atom is -0.279 e. The van der Waals surface area contributed by atoms with Gasteiger partial charge in [0.2, 0.25) is 0 Å². The van der Waals surface area contributed by atoms with Crippen molar-refractivity contribution in [3.63, 3.8) is 0 Å². The number of hydrogen-bond donors (Lipinski definition) is 0. The average molecular weight is 397 g/mol. The highest BCUT2D eigenvalue weighted by atomic mass is 35.5. The first-order valence-corrected chi connectivity index (χ1v) is 9.47. The van der Waals surface area contributed by atoms with Crippen molar-refractivity contribution in [2.75, 3.05) is 4.90 Å². The Hall–Kier alpha value is -2.76. The molecule has 0 saturated heterocycles. The number of rotatable bonds is 4. The van der Waals surface area contributed by atoms with E-state index >= 15 is 0 Å². The van der Waals surface area contributed by atoms with E-state index in [0.29, 0.717) is 16.7 Å². The highest BCUT2D eigenvalue weighted by Crippen LogP contribution is 2.32. The molecule has 134 valence electrons. The molecule has 3 aromatic carbocycles. The summed E-state index contributed by atoms with van der Waals surface area (Å²) in [6.45, 7) is 0.337. The number of fused-ring (bicyclic) bond motifs is 1. The summed E-state index contributed by atoms with van der Waals surface area (Å²) in [4.78, 5) is 19.3. The van der Waals surface area contributed by atoms with E-state index in [9.17, 15) is 9.18 Å². The van der Waals surface area contributed by atoms with Crippen molar-refractivity contribution in [2.24, 2.45) is 0 Å². The van der Waals surface area contributed by atoms with Gasteiger partial charge in [0.1, 0.15) is 5.82 Å². The number of carbonyl (C=O) groups is 1. The van der Waals surface area contributed by atoms with Gasteiger partial charge in [0, 0.05) is 10.6 Å². The van der Waals surface area contributed by atoms with Crippen molar-refractivity contribution in [3.8, 4) is 0 Å². The third-order valence-electron chi connectivity index (χ3n) is 4.07. The van der Waals surface area contributed by atoms with Gasteiger partial charge in [-0.25, -0.2) is 9.37 Å². The van der Waals surface area contributed by atoms with Gasteiger partial charge < -0.3 is 0 Å². The van der Waals surface area contributed by atoms with Crippen LogP contribution < -0.4 is 4.90 Å². The molecule has 0 aliphatic rings. The summed E-state index contributed by atoms with van der Waals surface area (Å²) in [5, 5.41) is 1.16. The summed E-state index contributed by atoms with van der Waals surface area (Å²) >= 11 is 7.45. The lowest BCUT2D eigenvalue weighted by atomic mass is 10.1. The second-order valence-electron chi connectivity index (χ2n) is 6.00. The Morgan fingerprint density at radius 2 is 1.85 bits per heavy atom. The number of benzene rings is 3. The molecular weight excluding hydrogens is 383 g/mol. The first-order chi connectivity index (χ1) is 13.1. The van der Waals surface area contributed by atoms with E-state index in [1.54, 1.807) is 17.0 Å². The quantitative estimate of drug-likeness (QED) is 0.428. The minimum absolute atomic E-state index is 0.281. The van der Waals surface area contributed by atoms with E-state index in [1.807, 2.05) is 42.5 Å². The zero-order valence-electron chi connectivity index (χ0n) is 14.1. The van der Waals surface area contributed by atoms with Crippen molar-refractivity contribution < 1.29 is 9.18 Å². The molecular formula is C21H14ClFN2OS. The van der Waals surface area contributed by atoms with E-state index in [4.69, 9.17) is 11.6 Å². The molecule has 1 amide bonds. The number of hydrogen-bond acceptors (Lipinski definition) is 3. The third kappa shape index (κ3) is 3.84. The summed E-state index contributed by atoms with van der Waals surface area (Å²) in [6.07, 6.45) is 0. The van der Waals surface area contributed by atoms with Crippen LogP contribution in [0.3, 0.4) is 0 Å². The molecule has 4 aromatic rings. The predicted octanol–water partition coefficient (Wildman–Crippen LogP) is 5.94. The van der Waals surface area contributed by atoms with Gasteiger partial charge in [-0.1, -0.05) is 59.3 Å². The maximum absolute atomic E-state index is 13.6. The van der Waals surface area contributed by atoms with Gasteiger partial charge in [-0.15, -0.1) is 0 Å². The maximum atomic E-state index is 13.6. The molecule has 0 N–H and O–H groups in total. The van der Waals surface area contributed by atoms with Crippen LogP contribution in [0.1, 0.15) is 15.9 Å². The zero-order valence-corrected chi connectivity index (χ0v) is 15.7. The van der Waals surface area contributed by atoms with Crippen molar-refractivity contribution in [1.82, 2.24) is 4.98 Å². The topological polar surface area (TPSA) is 33.2 Å². The Bertz CT molecular complexity index is 1110. The van der Waals surface area contributed by atoms with Gasteiger partial charge in [0.25, 0.3) is 5.91 Å². The highest BCUT2D eigenvalue weighted by Gasteiger charge is 2.22. The van der Waals surface area contributed by atoms with E-state index in [1.165, 1.54) is 29.5 Å². The van der Waals surface area contributed by atoms with Crippen LogP contribution in [0.2, 0.25) is 5.02 Å². The number of carbonyl (C=O) groups excluding carboxylic acids is 1. The van der Waals surface area contributed by atoms with E-state index in [-0.39, 0.29) is 11.5 Å². The molecule has 3 nitrogen and oxygen atoms in total. The second-order valence-corrected chi connectivity index (χ2v) is 7.44. The zero-order chi connectivity index (χ0) is 18.8. The number of halogens is 2. The van der Waals surface area contributed by atoms with E-state index < -0.39 is 5.82 Å². The number of nitrogens with zero attached hydrogens (tertiary/aromatic N) is 2. The number of amides is 1. The van der Waals surface area contributed by atoms with Crippen LogP contribution in [-0.2, 0) is 6.54 Å². The van der Waals surface area contributed by atoms with Gasteiger partial charge in [-0.2, -0.15) is 0 Å². The Kier molecular flexibility index (Phi) is 4.88. The minimum atomic E-state index is -0.448. The number of aromatic nitrogens is 1. The van der Waals surface area contributed by atoms with Gasteiger partial charge in [0.05, 0.1) is 16.8 Å². The van der Waals surface area contributed by atoms with Crippen LogP contribution in [0.4, 0.5) is 9.52 Å². The smallest absolute Gasteiger partial charge is 0.260 e. The second kappa shape index (κ2) is 7.47. The van der Waals surface area contributed by atoms with Crippen LogP contribution >= 0.6 is 22.9 Å². The van der Waals surface area contributed by atoms with Crippen LogP contribution in [0.15, 0.2) is 72.8 Å². The molecule has 1 aromatic heterocycles. The first-order valence-electron chi connectivity index (χ1n) is 8.27. The first kappa shape index (κ1) is 17.6. The SMILES string of the molecule is O=C(c1cccc(F)c1)N(Cc1ccccc1)c1nc2ccc(Cl)cc2s1. The fourth-order valence-electron chi connectivity index (χ4n) is 2.77. The molecule has 27 heavy (non-hydrogen) atoms. The summed E-state index contributed by atoms with van der Waals surface area (Å²) in [5.41, 5.74) is 2.01. The lowest BCUT2D eigenvalue weighted by Crippen LogP contribution is -2.30. The molecule has 0 unspecified atom stereocenters.